The van der Waals surface area contributed by atoms with Crippen LogP contribution < -0.4 is 10.0 Å². The molecular weight excluding hydrogens is 368 g/mol. The first kappa shape index (κ1) is 17.1. The minimum Gasteiger partial charge on any atom is -0.367 e. The number of thiophene rings is 1. The van der Waals surface area contributed by atoms with Gasteiger partial charge in [-0.05, 0) is 23.8 Å². The van der Waals surface area contributed by atoms with Crippen LogP contribution in [0, 0.1) is 0 Å². The Morgan fingerprint density at radius 1 is 1.17 bits per heavy atom. The average Bonchev–Trinajstić information content (AvgIpc) is 2.96. The maximum atomic E-state index is 11.1. The van der Waals surface area contributed by atoms with Gasteiger partial charge in [-0.3, -0.25) is 0 Å². The van der Waals surface area contributed by atoms with Crippen molar-refractivity contribution >= 4 is 49.0 Å². The van der Waals surface area contributed by atoms with Gasteiger partial charge in [0.1, 0.15) is 12.1 Å². The van der Waals surface area contributed by atoms with E-state index in [1.807, 2.05) is 30.3 Å². The van der Waals surface area contributed by atoms with E-state index in [9.17, 15) is 8.42 Å². The van der Waals surface area contributed by atoms with E-state index in [0.29, 0.717) is 23.9 Å². The number of anilines is 1. The van der Waals surface area contributed by atoms with Crippen molar-refractivity contribution in [1.82, 2.24) is 14.7 Å². The van der Waals surface area contributed by atoms with Crippen LogP contribution in [0.3, 0.4) is 0 Å². The van der Waals surface area contributed by atoms with E-state index in [1.165, 1.54) is 6.33 Å². The molecule has 0 bridgehead atoms. The van der Waals surface area contributed by atoms with Crippen LogP contribution in [-0.2, 0) is 10.0 Å². The van der Waals surface area contributed by atoms with Crippen molar-refractivity contribution in [3.63, 3.8) is 0 Å². The van der Waals surface area contributed by atoms with E-state index in [-0.39, 0.29) is 0 Å². The summed E-state index contributed by atoms with van der Waals surface area (Å²) < 4.78 is 25.5. The maximum absolute atomic E-state index is 11.1. The van der Waals surface area contributed by atoms with Crippen molar-refractivity contribution in [2.75, 3.05) is 24.7 Å². The first-order chi connectivity index (χ1) is 11.4. The largest absolute Gasteiger partial charge is 0.367 e. The molecule has 0 aliphatic heterocycles. The van der Waals surface area contributed by atoms with Gasteiger partial charge in [0.05, 0.1) is 16.5 Å². The summed E-state index contributed by atoms with van der Waals surface area (Å²) in [5.41, 5.74) is 1.91. The number of hydrogen-bond donors (Lipinski definition) is 2. The van der Waals surface area contributed by atoms with E-state index in [2.05, 4.69) is 20.0 Å². The highest BCUT2D eigenvalue weighted by molar-refractivity contribution is 7.88. The Hall–Kier alpha value is -1.74. The third kappa shape index (κ3) is 4.21. The van der Waals surface area contributed by atoms with Gasteiger partial charge in [-0.1, -0.05) is 23.7 Å². The summed E-state index contributed by atoms with van der Waals surface area (Å²) in [5, 5.41) is 3.84. The van der Waals surface area contributed by atoms with Crippen molar-refractivity contribution in [3.8, 4) is 10.4 Å². The predicted octanol–water partition coefficient (Wildman–Crippen LogP) is 2.97. The van der Waals surface area contributed by atoms with Crippen LogP contribution in [0.5, 0.6) is 0 Å². The fourth-order valence-corrected chi connectivity index (χ4v) is 3.84. The summed E-state index contributed by atoms with van der Waals surface area (Å²) in [6, 6.07) is 9.63. The van der Waals surface area contributed by atoms with Crippen LogP contribution in [0.1, 0.15) is 0 Å². The Labute approximate surface area is 149 Å². The second-order valence-electron chi connectivity index (χ2n) is 5.15. The zero-order valence-corrected chi connectivity index (χ0v) is 15.2. The second-order valence-corrected chi connectivity index (χ2v) is 8.47. The molecule has 0 spiro atoms. The zero-order valence-electron chi connectivity index (χ0n) is 12.8. The molecule has 1 aromatic carbocycles. The lowest BCUT2D eigenvalue weighted by Crippen LogP contribution is -2.27. The highest BCUT2D eigenvalue weighted by Gasteiger charge is 2.10. The molecule has 0 aliphatic rings. The van der Waals surface area contributed by atoms with Crippen molar-refractivity contribution in [1.29, 1.82) is 0 Å². The molecule has 126 valence electrons. The van der Waals surface area contributed by atoms with Gasteiger partial charge < -0.3 is 5.32 Å². The Balaban J connectivity index is 1.81. The van der Waals surface area contributed by atoms with Gasteiger partial charge in [0.2, 0.25) is 10.0 Å². The summed E-state index contributed by atoms with van der Waals surface area (Å²) in [4.78, 5) is 9.62. The van der Waals surface area contributed by atoms with Gasteiger partial charge in [0.15, 0.2) is 0 Å². The van der Waals surface area contributed by atoms with E-state index < -0.39 is 10.0 Å². The fraction of sp³-hybridized carbons (Fsp3) is 0.200. The maximum Gasteiger partial charge on any atom is 0.208 e. The summed E-state index contributed by atoms with van der Waals surface area (Å²) in [5.74, 6) is 0.695. The topological polar surface area (TPSA) is 84.0 Å². The highest BCUT2D eigenvalue weighted by atomic mass is 35.5. The van der Waals surface area contributed by atoms with Crippen LogP contribution in [0.15, 0.2) is 36.7 Å². The van der Waals surface area contributed by atoms with Gasteiger partial charge in [0.25, 0.3) is 0 Å². The van der Waals surface area contributed by atoms with Crippen molar-refractivity contribution in [3.05, 3.63) is 41.7 Å². The Bertz CT molecular complexity index is 955. The first-order valence-electron chi connectivity index (χ1n) is 7.11. The van der Waals surface area contributed by atoms with Crippen molar-refractivity contribution in [2.45, 2.75) is 0 Å². The third-order valence-corrected chi connectivity index (χ3v) is 5.38. The van der Waals surface area contributed by atoms with E-state index in [4.69, 9.17) is 11.6 Å². The Kier molecular flexibility index (Phi) is 5.00. The van der Waals surface area contributed by atoms with Gasteiger partial charge in [-0.25, -0.2) is 23.1 Å². The molecule has 0 saturated carbocycles. The summed E-state index contributed by atoms with van der Waals surface area (Å²) in [7, 11) is -3.19. The molecule has 24 heavy (non-hydrogen) atoms. The molecule has 0 saturated heterocycles. The normalized spacial score (nSPS) is 11.8. The molecule has 0 radical (unpaired) electrons. The molecule has 0 unspecified atom stereocenters. The summed E-state index contributed by atoms with van der Waals surface area (Å²) in [6.07, 6.45) is 2.63. The lowest BCUT2D eigenvalue weighted by atomic mass is 10.2. The van der Waals surface area contributed by atoms with Gasteiger partial charge in [-0.2, -0.15) is 0 Å². The molecule has 6 nitrogen and oxygen atoms in total. The summed E-state index contributed by atoms with van der Waals surface area (Å²) in [6.45, 7) is 0.729. The molecule has 9 heteroatoms. The van der Waals surface area contributed by atoms with E-state index in [1.54, 1.807) is 11.3 Å². The van der Waals surface area contributed by atoms with Crippen LogP contribution in [0.25, 0.3) is 20.7 Å². The molecule has 3 rings (SSSR count). The zero-order chi connectivity index (χ0) is 17.2. The van der Waals surface area contributed by atoms with Gasteiger partial charge >= 0.3 is 0 Å². The number of nitrogens with zero attached hydrogens (tertiary/aromatic N) is 2. The standard InChI is InChI=1S/C15H15ClN4O2S2/c1-24(21,22)20-7-6-17-15-14-12(18-9-19-15)8-13(23-14)10-2-4-11(16)5-3-10/h2-5,8-9,20H,6-7H2,1H3,(H,17,18,19). The first-order valence-corrected chi connectivity index (χ1v) is 10.2. The third-order valence-electron chi connectivity index (χ3n) is 3.22. The monoisotopic (exact) mass is 382 g/mol. The molecule has 3 aromatic rings. The molecule has 0 aliphatic carbocycles. The molecular formula is C15H15ClN4O2S2. The van der Waals surface area contributed by atoms with Crippen LogP contribution in [-0.4, -0.2) is 37.7 Å². The predicted molar refractivity (Wildman–Crippen MR) is 99.2 cm³/mol. The second kappa shape index (κ2) is 7.02. The number of hydrogen-bond acceptors (Lipinski definition) is 6. The number of sulfonamides is 1. The minimum absolute atomic E-state index is 0.291. The number of aromatic nitrogens is 2. The highest BCUT2D eigenvalue weighted by Crippen LogP contribution is 2.35. The van der Waals surface area contributed by atoms with Gasteiger partial charge in [-0.15, -0.1) is 11.3 Å². The smallest absolute Gasteiger partial charge is 0.208 e. The number of fused-ring (bicyclic) bond motifs is 1. The van der Waals surface area contributed by atoms with E-state index in [0.717, 1.165) is 26.9 Å². The van der Waals surface area contributed by atoms with Crippen LogP contribution >= 0.6 is 22.9 Å². The average molecular weight is 383 g/mol. The van der Waals surface area contributed by atoms with Crippen molar-refractivity contribution < 1.29 is 8.42 Å². The number of halogens is 1. The van der Waals surface area contributed by atoms with Gasteiger partial charge in [0, 0.05) is 23.0 Å². The minimum atomic E-state index is -3.19. The van der Waals surface area contributed by atoms with Crippen LogP contribution in [0.2, 0.25) is 5.02 Å². The van der Waals surface area contributed by atoms with Crippen LogP contribution in [0.4, 0.5) is 5.82 Å². The van der Waals surface area contributed by atoms with Crippen molar-refractivity contribution in [2.24, 2.45) is 0 Å². The molecule has 2 heterocycles. The molecule has 2 aromatic heterocycles. The lowest BCUT2D eigenvalue weighted by Gasteiger charge is -2.06. The molecule has 2 N–H and O–H groups in total. The quantitative estimate of drug-likeness (QED) is 0.640. The SMILES string of the molecule is CS(=O)(=O)NCCNc1ncnc2cc(-c3ccc(Cl)cc3)sc12. The molecule has 0 amide bonds. The number of nitrogens with one attached hydrogen (secondary N) is 2. The lowest BCUT2D eigenvalue weighted by molar-refractivity contribution is 0.589. The molecule has 0 atom stereocenters. The fourth-order valence-electron chi connectivity index (χ4n) is 2.15. The summed E-state index contributed by atoms with van der Waals surface area (Å²) >= 11 is 7.51. The Morgan fingerprint density at radius 2 is 1.92 bits per heavy atom. The Morgan fingerprint density at radius 3 is 2.62 bits per heavy atom. The number of rotatable bonds is 6. The molecule has 0 fully saturated rings. The number of benzene rings is 1. The van der Waals surface area contributed by atoms with E-state index >= 15 is 0 Å².